The van der Waals surface area contributed by atoms with Gasteiger partial charge in [-0.2, -0.15) is 0 Å². The average Bonchev–Trinajstić information content (AvgIpc) is 2.19. The monoisotopic (exact) mass is 178 g/mol. The van der Waals surface area contributed by atoms with E-state index in [1.165, 1.54) is 5.56 Å². The Bertz CT molecular complexity index is 218. The van der Waals surface area contributed by atoms with Crippen LogP contribution in [-0.2, 0) is 4.74 Å². The van der Waals surface area contributed by atoms with Crippen LogP contribution < -0.4 is 0 Å². The van der Waals surface area contributed by atoms with Crippen LogP contribution in [0.2, 0.25) is 0 Å². The number of hydrogen-bond acceptors (Lipinski definition) is 1. The summed E-state index contributed by atoms with van der Waals surface area (Å²) in [6.07, 6.45) is 1.10. The third-order valence-electron chi connectivity index (χ3n) is 2.08. The fourth-order valence-corrected chi connectivity index (χ4v) is 1.28. The molecule has 0 saturated heterocycles. The van der Waals surface area contributed by atoms with Crippen LogP contribution in [-0.4, -0.2) is 13.2 Å². The van der Waals surface area contributed by atoms with Gasteiger partial charge in [-0.1, -0.05) is 44.2 Å². The predicted octanol–water partition coefficient (Wildman–Crippen LogP) is 3.22. The minimum Gasteiger partial charge on any atom is -0.381 e. The van der Waals surface area contributed by atoms with E-state index in [0.29, 0.717) is 5.92 Å². The number of hydrogen-bond donors (Lipinski definition) is 0. The molecule has 0 radical (unpaired) electrons. The Kier molecular flexibility index (Phi) is 4.55. The fourth-order valence-electron chi connectivity index (χ4n) is 1.28. The number of rotatable bonds is 5. The van der Waals surface area contributed by atoms with Crippen molar-refractivity contribution in [3.8, 4) is 0 Å². The Morgan fingerprint density at radius 3 is 2.54 bits per heavy atom. The summed E-state index contributed by atoms with van der Waals surface area (Å²) in [4.78, 5) is 0. The van der Waals surface area contributed by atoms with Crippen molar-refractivity contribution < 1.29 is 4.74 Å². The highest BCUT2D eigenvalue weighted by Crippen LogP contribution is 2.14. The molecule has 1 rings (SSSR count). The predicted molar refractivity (Wildman–Crippen MR) is 56.0 cm³/mol. The zero-order chi connectivity index (χ0) is 9.52. The van der Waals surface area contributed by atoms with Gasteiger partial charge in [-0.05, 0) is 12.0 Å². The van der Waals surface area contributed by atoms with Crippen LogP contribution in [0, 0.1) is 0 Å². The Hall–Kier alpha value is -0.820. The lowest BCUT2D eigenvalue weighted by atomic mass is 10.0. The molecule has 0 aliphatic rings. The third kappa shape index (κ3) is 3.60. The first-order chi connectivity index (χ1) is 6.34. The topological polar surface area (TPSA) is 9.23 Å². The van der Waals surface area contributed by atoms with Crippen molar-refractivity contribution in [3.63, 3.8) is 0 Å². The molecule has 72 valence electrons. The van der Waals surface area contributed by atoms with Crippen LogP contribution in [0.25, 0.3) is 0 Å². The van der Waals surface area contributed by atoms with Gasteiger partial charge in [0.1, 0.15) is 0 Å². The lowest BCUT2D eigenvalue weighted by Gasteiger charge is -2.11. The van der Waals surface area contributed by atoms with E-state index in [0.717, 1.165) is 19.6 Å². The molecule has 1 atom stereocenters. The highest BCUT2D eigenvalue weighted by atomic mass is 16.5. The Morgan fingerprint density at radius 2 is 1.92 bits per heavy atom. The summed E-state index contributed by atoms with van der Waals surface area (Å²) in [5, 5.41) is 0. The van der Waals surface area contributed by atoms with E-state index in [1.54, 1.807) is 0 Å². The van der Waals surface area contributed by atoms with Crippen LogP contribution in [0.15, 0.2) is 30.3 Å². The molecule has 13 heavy (non-hydrogen) atoms. The Labute approximate surface area is 80.7 Å². The summed E-state index contributed by atoms with van der Waals surface area (Å²) in [5.74, 6) is 0.507. The first-order valence-corrected chi connectivity index (χ1v) is 4.97. The highest BCUT2D eigenvalue weighted by Gasteiger charge is 2.03. The standard InChI is InChI=1S/C12H18O/c1-3-9-13-10-11(2)12-7-5-4-6-8-12/h4-8,11H,3,9-10H2,1-2H3. The lowest BCUT2D eigenvalue weighted by Crippen LogP contribution is -2.04. The zero-order valence-corrected chi connectivity index (χ0v) is 8.49. The van der Waals surface area contributed by atoms with E-state index >= 15 is 0 Å². The Balaban J connectivity index is 2.35. The molecular weight excluding hydrogens is 160 g/mol. The van der Waals surface area contributed by atoms with Gasteiger partial charge in [0.2, 0.25) is 0 Å². The normalized spacial score (nSPS) is 12.8. The summed E-state index contributed by atoms with van der Waals surface area (Å²) >= 11 is 0. The number of ether oxygens (including phenoxy) is 1. The molecule has 0 aliphatic heterocycles. The van der Waals surface area contributed by atoms with Gasteiger partial charge in [-0.3, -0.25) is 0 Å². The van der Waals surface area contributed by atoms with Crippen LogP contribution in [0.5, 0.6) is 0 Å². The second kappa shape index (κ2) is 5.76. The maximum Gasteiger partial charge on any atom is 0.0532 e. The van der Waals surface area contributed by atoms with E-state index in [9.17, 15) is 0 Å². The van der Waals surface area contributed by atoms with Gasteiger partial charge in [0, 0.05) is 12.5 Å². The van der Waals surface area contributed by atoms with Crippen molar-refractivity contribution in [2.45, 2.75) is 26.2 Å². The van der Waals surface area contributed by atoms with Crippen molar-refractivity contribution in [2.75, 3.05) is 13.2 Å². The minimum absolute atomic E-state index is 0.507. The SMILES string of the molecule is CCCOCC(C)c1ccccc1. The molecule has 0 N–H and O–H groups in total. The molecule has 1 nitrogen and oxygen atoms in total. The first kappa shape index (κ1) is 10.3. The molecule has 0 aromatic heterocycles. The van der Waals surface area contributed by atoms with Gasteiger partial charge in [-0.15, -0.1) is 0 Å². The summed E-state index contributed by atoms with van der Waals surface area (Å²) in [7, 11) is 0. The fraction of sp³-hybridized carbons (Fsp3) is 0.500. The molecule has 1 aromatic carbocycles. The van der Waals surface area contributed by atoms with Gasteiger partial charge in [0.05, 0.1) is 6.61 Å². The van der Waals surface area contributed by atoms with Crippen molar-refractivity contribution in [2.24, 2.45) is 0 Å². The molecule has 0 fully saturated rings. The van der Waals surface area contributed by atoms with Crippen molar-refractivity contribution >= 4 is 0 Å². The van der Waals surface area contributed by atoms with Crippen molar-refractivity contribution in [1.82, 2.24) is 0 Å². The molecule has 1 heteroatoms. The molecular formula is C12H18O. The lowest BCUT2D eigenvalue weighted by molar-refractivity contribution is 0.124. The van der Waals surface area contributed by atoms with Crippen LogP contribution in [0.3, 0.4) is 0 Å². The second-order valence-corrected chi connectivity index (χ2v) is 3.39. The van der Waals surface area contributed by atoms with E-state index in [2.05, 4.69) is 38.1 Å². The smallest absolute Gasteiger partial charge is 0.0532 e. The van der Waals surface area contributed by atoms with Gasteiger partial charge in [-0.25, -0.2) is 0 Å². The Morgan fingerprint density at radius 1 is 1.23 bits per heavy atom. The maximum absolute atomic E-state index is 5.50. The summed E-state index contributed by atoms with van der Waals surface area (Å²) in [5.41, 5.74) is 1.36. The highest BCUT2D eigenvalue weighted by molar-refractivity contribution is 5.18. The van der Waals surface area contributed by atoms with Crippen LogP contribution >= 0.6 is 0 Å². The van der Waals surface area contributed by atoms with Gasteiger partial charge in [0.15, 0.2) is 0 Å². The van der Waals surface area contributed by atoms with E-state index in [-0.39, 0.29) is 0 Å². The second-order valence-electron chi connectivity index (χ2n) is 3.39. The third-order valence-corrected chi connectivity index (χ3v) is 2.08. The average molecular weight is 178 g/mol. The molecule has 0 spiro atoms. The minimum atomic E-state index is 0.507. The summed E-state index contributed by atoms with van der Waals surface area (Å²) < 4.78 is 5.50. The van der Waals surface area contributed by atoms with E-state index < -0.39 is 0 Å². The molecule has 0 amide bonds. The van der Waals surface area contributed by atoms with Crippen LogP contribution in [0.4, 0.5) is 0 Å². The van der Waals surface area contributed by atoms with E-state index in [4.69, 9.17) is 4.74 Å². The molecule has 0 aliphatic carbocycles. The van der Waals surface area contributed by atoms with E-state index in [1.807, 2.05) is 6.07 Å². The summed E-state index contributed by atoms with van der Waals surface area (Å²) in [6, 6.07) is 10.5. The maximum atomic E-state index is 5.50. The molecule has 1 aromatic rings. The quantitative estimate of drug-likeness (QED) is 0.629. The largest absolute Gasteiger partial charge is 0.381 e. The van der Waals surface area contributed by atoms with Crippen molar-refractivity contribution in [3.05, 3.63) is 35.9 Å². The van der Waals surface area contributed by atoms with Gasteiger partial charge < -0.3 is 4.74 Å². The number of benzene rings is 1. The summed E-state index contributed by atoms with van der Waals surface area (Å²) in [6.45, 7) is 6.03. The van der Waals surface area contributed by atoms with Gasteiger partial charge >= 0.3 is 0 Å². The first-order valence-electron chi connectivity index (χ1n) is 4.97. The molecule has 0 heterocycles. The van der Waals surface area contributed by atoms with Crippen molar-refractivity contribution in [1.29, 1.82) is 0 Å². The van der Waals surface area contributed by atoms with Crippen LogP contribution in [0.1, 0.15) is 31.7 Å². The van der Waals surface area contributed by atoms with Gasteiger partial charge in [0.25, 0.3) is 0 Å². The molecule has 1 unspecified atom stereocenters. The molecule has 0 saturated carbocycles. The zero-order valence-electron chi connectivity index (χ0n) is 8.49. The molecule has 0 bridgehead atoms.